The number of thioether (sulfide) groups is 1. The van der Waals surface area contributed by atoms with Crippen molar-refractivity contribution in [3.8, 4) is 0 Å². The molecule has 1 amide bonds. The minimum Gasteiger partial charge on any atom is -0.325 e. The van der Waals surface area contributed by atoms with Gasteiger partial charge in [0.1, 0.15) is 15.7 Å². The largest absolute Gasteiger partial charge is 0.325 e. The monoisotopic (exact) mass is 425 g/mol. The first-order valence-electron chi connectivity index (χ1n) is 10.3. The molecule has 0 radical (unpaired) electrons. The smallest absolute Gasteiger partial charge is 0.234 e. The normalized spacial score (nSPS) is 14.0. The third-order valence-corrected chi connectivity index (χ3v) is 7.35. The molecule has 1 N–H and O–H groups in total. The molecule has 6 heteroatoms. The van der Waals surface area contributed by atoms with Crippen molar-refractivity contribution in [1.29, 1.82) is 0 Å². The number of amides is 1. The maximum Gasteiger partial charge on any atom is 0.234 e. The van der Waals surface area contributed by atoms with Crippen LogP contribution in [-0.4, -0.2) is 21.6 Å². The summed E-state index contributed by atoms with van der Waals surface area (Å²) in [4.78, 5) is 24.6. The third-order valence-electron chi connectivity index (χ3n) is 5.33. The second-order valence-corrected chi connectivity index (χ2v) is 10.1. The van der Waals surface area contributed by atoms with Gasteiger partial charge in [0.15, 0.2) is 0 Å². The Morgan fingerprint density at radius 2 is 1.97 bits per heavy atom. The van der Waals surface area contributed by atoms with E-state index in [-0.39, 0.29) is 5.91 Å². The molecule has 0 saturated heterocycles. The van der Waals surface area contributed by atoms with Crippen LogP contribution in [0.1, 0.15) is 67.3 Å². The minimum absolute atomic E-state index is 0.00275. The Morgan fingerprint density at radius 1 is 1.24 bits per heavy atom. The Bertz CT molecular complexity index is 1040. The standard InChI is InChI=1S/C23H27N3OS2/c1-5-18-14(4)29-23-20(18)22(25-21(26-23)16-6-7-16)28-12-19(27)24-17-10-8-15(9-11-17)13(2)3/h8-11,13,16H,5-7,12H2,1-4H3,(H,24,27). The molecule has 4 rings (SSSR count). The van der Waals surface area contributed by atoms with E-state index < -0.39 is 0 Å². The summed E-state index contributed by atoms with van der Waals surface area (Å²) >= 11 is 3.28. The molecular weight excluding hydrogens is 398 g/mol. The van der Waals surface area contributed by atoms with Crippen molar-refractivity contribution >= 4 is 44.9 Å². The average molecular weight is 426 g/mol. The Labute approximate surface area is 180 Å². The Hall–Kier alpha value is -1.92. The number of carbonyl (C=O) groups is 1. The number of carbonyl (C=O) groups excluding carboxylic acids is 1. The van der Waals surface area contributed by atoms with E-state index in [1.807, 2.05) is 12.1 Å². The highest BCUT2D eigenvalue weighted by atomic mass is 32.2. The summed E-state index contributed by atoms with van der Waals surface area (Å²) in [7, 11) is 0. The van der Waals surface area contributed by atoms with Crippen molar-refractivity contribution in [1.82, 2.24) is 9.97 Å². The molecule has 0 bridgehead atoms. The summed E-state index contributed by atoms with van der Waals surface area (Å²) < 4.78 is 0. The molecule has 29 heavy (non-hydrogen) atoms. The first-order chi connectivity index (χ1) is 14.0. The van der Waals surface area contributed by atoms with Crippen LogP contribution in [0.5, 0.6) is 0 Å². The van der Waals surface area contributed by atoms with Gasteiger partial charge < -0.3 is 5.32 Å². The van der Waals surface area contributed by atoms with E-state index in [9.17, 15) is 4.79 Å². The summed E-state index contributed by atoms with van der Waals surface area (Å²) in [6.07, 6.45) is 3.31. The van der Waals surface area contributed by atoms with Gasteiger partial charge in [-0.25, -0.2) is 9.97 Å². The van der Waals surface area contributed by atoms with Crippen LogP contribution in [0.25, 0.3) is 10.2 Å². The molecule has 4 nitrogen and oxygen atoms in total. The van der Waals surface area contributed by atoms with Crippen LogP contribution >= 0.6 is 23.1 Å². The fourth-order valence-electron chi connectivity index (χ4n) is 3.49. The number of anilines is 1. The van der Waals surface area contributed by atoms with Gasteiger partial charge >= 0.3 is 0 Å². The fraction of sp³-hybridized carbons (Fsp3) is 0.435. The van der Waals surface area contributed by atoms with Crippen molar-refractivity contribution < 1.29 is 4.79 Å². The highest BCUT2D eigenvalue weighted by Crippen LogP contribution is 2.42. The fourth-order valence-corrected chi connectivity index (χ4v) is 5.54. The van der Waals surface area contributed by atoms with Crippen molar-refractivity contribution in [3.05, 3.63) is 46.1 Å². The third kappa shape index (κ3) is 4.48. The number of hydrogen-bond donors (Lipinski definition) is 1. The quantitative estimate of drug-likeness (QED) is 0.357. The maximum absolute atomic E-state index is 12.6. The Morgan fingerprint density at radius 3 is 2.59 bits per heavy atom. The van der Waals surface area contributed by atoms with E-state index in [2.05, 4.69) is 45.1 Å². The van der Waals surface area contributed by atoms with Gasteiger partial charge in [0, 0.05) is 21.9 Å². The Balaban J connectivity index is 1.51. The van der Waals surface area contributed by atoms with Crippen molar-refractivity contribution in [2.24, 2.45) is 0 Å². The highest BCUT2D eigenvalue weighted by Gasteiger charge is 2.29. The van der Waals surface area contributed by atoms with Crippen LogP contribution in [-0.2, 0) is 11.2 Å². The van der Waals surface area contributed by atoms with Crippen LogP contribution in [0.15, 0.2) is 29.3 Å². The van der Waals surface area contributed by atoms with Gasteiger partial charge in [-0.2, -0.15) is 0 Å². The molecule has 152 valence electrons. The number of aryl methyl sites for hydroxylation is 2. The summed E-state index contributed by atoms with van der Waals surface area (Å²) in [5.74, 6) is 2.28. The number of rotatable bonds is 7. The molecule has 2 aromatic heterocycles. The summed E-state index contributed by atoms with van der Waals surface area (Å²) in [5, 5.41) is 5.12. The molecule has 0 aliphatic heterocycles. The van der Waals surface area contributed by atoms with E-state index in [4.69, 9.17) is 9.97 Å². The lowest BCUT2D eigenvalue weighted by Gasteiger charge is -2.09. The lowest BCUT2D eigenvalue weighted by Crippen LogP contribution is -2.14. The molecule has 1 aliphatic rings. The van der Waals surface area contributed by atoms with E-state index in [1.54, 1.807) is 11.3 Å². The van der Waals surface area contributed by atoms with Gasteiger partial charge in [0.2, 0.25) is 5.91 Å². The Kier molecular flexibility index (Phi) is 5.93. The van der Waals surface area contributed by atoms with Gasteiger partial charge in [0.25, 0.3) is 0 Å². The van der Waals surface area contributed by atoms with E-state index in [0.717, 1.165) is 33.2 Å². The first kappa shape index (κ1) is 20.4. The second-order valence-electron chi connectivity index (χ2n) is 7.95. The van der Waals surface area contributed by atoms with Gasteiger partial charge in [-0.15, -0.1) is 11.3 Å². The number of hydrogen-bond acceptors (Lipinski definition) is 5. The molecule has 1 aliphatic carbocycles. The predicted molar refractivity (Wildman–Crippen MR) is 123 cm³/mol. The van der Waals surface area contributed by atoms with Gasteiger partial charge in [0.05, 0.1) is 5.75 Å². The van der Waals surface area contributed by atoms with E-state index >= 15 is 0 Å². The molecular formula is C23H27N3OS2. The molecule has 1 saturated carbocycles. The summed E-state index contributed by atoms with van der Waals surface area (Å²) in [6, 6.07) is 8.10. The van der Waals surface area contributed by atoms with Crippen molar-refractivity contribution in [2.75, 3.05) is 11.1 Å². The predicted octanol–water partition coefficient (Wildman–Crippen LogP) is 6.29. The first-order valence-corrected chi connectivity index (χ1v) is 12.1. The average Bonchev–Trinajstić information content (AvgIpc) is 3.49. The van der Waals surface area contributed by atoms with Crippen LogP contribution in [0, 0.1) is 6.92 Å². The molecule has 1 aromatic carbocycles. The summed E-state index contributed by atoms with van der Waals surface area (Å²) in [6.45, 7) is 8.66. The number of thiophene rings is 1. The number of benzene rings is 1. The molecule has 0 atom stereocenters. The molecule has 1 fully saturated rings. The lowest BCUT2D eigenvalue weighted by molar-refractivity contribution is -0.113. The molecule has 0 spiro atoms. The molecule has 3 aromatic rings. The van der Waals surface area contributed by atoms with E-state index in [1.165, 1.54) is 40.6 Å². The van der Waals surface area contributed by atoms with E-state index in [0.29, 0.717) is 17.6 Å². The van der Waals surface area contributed by atoms with Crippen molar-refractivity contribution in [2.45, 2.75) is 63.8 Å². The van der Waals surface area contributed by atoms with Crippen LogP contribution in [0.3, 0.4) is 0 Å². The number of fused-ring (bicyclic) bond motifs is 1. The van der Waals surface area contributed by atoms with Crippen LogP contribution < -0.4 is 5.32 Å². The zero-order valence-electron chi connectivity index (χ0n) is 17.4. The van der Waals surface area contributed by atoms with Crippen LogP contribution in [0.2, 0.25) is 0 Å². The van der Waals surface area contributed by atoms with Crippen LogP contribution in [0.4, 0.5) is 5.69 Å². The van der Waals surface area contributed by atoms with Crippen molar-refractivity contribution in [3.63, 3.8) is 0 Å². The maximum atomic E-state index is 12.6. The number of nitrogens with one attached hydrogen (secondary N) is 1. The summed E-state index contributed by atoms with van der Waals surface area (Å²) in [5.41, 5.74) is 3.43. The zero-order chi connectivity index (χ0) is 20.5. The molecule has 0 unspecified atom stereocenters. The molecule has 2 heterocycles. The highest BCUT2D eigenvalue weighted by molar-refractivity contribution is 8.00. The number of nitrogens with zero attached hydrogens (tertiary/aromatic N) is 2. The second kappa shape index (κ2) is 8.44. The van der Waals surface area contributed by atoms with Gasteiger partial charge in [-0.3, -0.25) is 4.79 Å². The number of aromatic nitrogens is 2. The SMILES string of the molecule is CCc1c(C)sc2nc(C3CC3)nc(SCC(=O)Nc3ccc(C(C)C)cc3)c12. The van der Waals surface area contributed by atoms with Gasteiger partial charge in [-0.1, -0.05) is 44.7 Å². The van der Waals surface area contributed by atoms with Gasteiger partial charge in [-0.05, 0) is 55.4 Å². The topological polar surface area (TPSA) is 54.9 Å². The lowest BCUT2D eigenvalue weighted by atomic mass is 10.0. The minimum atomic E-state index is -0.00275. The zero-order valence-corrected chi connectivity index (χ0v) is 19.0.